The number of sulfonamides is 1. The Labute approximate surface area is 108 Å². The molecule has 17 heavy (non-hydrogen) atoms. The maximum atomic E-state index is 11.4. The van der Waals surface area contributed by atoms with Crippen LogP contribution in [0.15, 0.2) is 24.3 Å². The van der Waals surface area contributed by atoms with Crippen molar-refractivity contribution in [1.82, 2.24) is 0 Å². The number of alkyl halides is 1. The second-order valence-corrected chi connectivity index (χ2v) is 6.15. The van der Waals surface area contributed by atoms with E-state index < -0.39 is 16.0 Å². The maximum absolute atomic E-state index is 11.4. The van der Waals surface area contributed by atoms with Gasteiger partial charge in [0.1, 0.15) is 4.66 Å². The number of benzene rings is 1. The lowest BCUT2D eigenvalue weighted by atomic mass is 10.2. The Kier molecular flexibility index (Phi) is 4.95. The molecule has 0 aliphatic rings. The van der Waals surface area contributed by atoms with Crippen LogP contribution in [0, 0.1) is 0 Å². The number of anilines is 1. The van der Waals surface area contributed by atoms with E-state index in [0.29, 0.717) is 11.3 Å². The minimum atomic E-state index is -3.41. The molecular weight excluding hydrogens is 310 g/mol. The van der Waals surface area contributed by atoms with Crippen LogP contribution < -0.4 is 4.72 Å². The Morgan fingerprint density at radius 1 is 1.47 bits per heavy atom. The van der Waals surface area contributed by atoms with Crippen LogP contribution in [0.25, 0.3) is 0 Å². The van der Waals surface area contributed by atoms with Gasteiger partial charge in [-0.05, 0) is 25.1 Å². The number of carbonyl (C=O) groups is 1. The zero-order valence-corrected chi connectivity index (χ0v) is 11.5. The SMILES string of the molecule is CCOC(=O)c1cccc(NS(=O)(=O)CBr)c1. The number of rotatable bonds is 5. The maximum Gasteiger partial charge on any atom is 0.338 e. The van der Waals surface area contributed by atoms with Gasteiger partial charge in [0.25, 0.3) is 0 Å². The molecule has 0 amide bonds. The molecule has 0 aliphatic heterocycles. The molecule has 0 radical (unpaired) electrons. The van der Waals surface area contributed by atoms with Gasteiger partial charge in [-0.25, -0.2) is 13.2 Å². The number of nitrogens with one attached hydrogen (secondary N) is 1. The average Bonchev–Trinajstić information content (AvgIpc) is 2.29. The Balaban J connectivity index is 2.90. The molecule has 1 aromatic rings. The van der Waals surface area contributed by atoms with Gasteiger partial charge in [0, 0.05) is 5.69 Å². The first kappa shape index (κ1) is 14.0. The van der Waals surface area contributed by atoms with Gasteiger partial charge in [0.05, 0.1) is 12.2 Å². The summed E-state index contributed by atoms with van der Waals surface area (Å²) in [6, 6.07) is 6.13. The van der Waals surface area contributed by atoms with E-state index in [-0.39, 0.29) is 11.3 Å². The number of esters is 1. The average molecular weight is 322 g/mol. The van der Waals surface area contributed by atoms with Gasteiger partial charge in [-0.2, -0.15) is 0 Å². The number of ether oxygens (including phenoxy) is 1. The number of halogens is 1. The molecule has 1 rings (SSSR count). The first-order chi connectivity index (χ1) is 7.98. The van der Waals surface area contributed by atoms with Crippen molar-refractivity contribution in [2.24, 2.45) is 0 Å². The van der Waals surface area contributed by atoms with Crippen LogP contribution in [0.1, 0.15) is 17.3 Å². The zero-order valence-electron chi connectivity index (χ0n) is 9.14. The van der Waals surface area contributed by atoms with Crippen LogP contribution in [0.2, 0.25) is 0 Å². The highest BCUT2D eigenvalue weighted by atomic mass is 79.9. The van der Waals surface area contributed by atoms with E-state index in [2.05, 4.69) is 20.7 Å². The van der Waals surface area contributed by atoms with Crippen LogP contribution in [0.5, 0.6) is 0 Å². The minimum absolute atomic E-state index is 0.205. The highest BCUT2D eigenvalue weighted by Crippen LogP contribution is 2.14. The van der Waals surface area contributed by atoms with Gasteiger partial charge < -0.3 is 4.74 Å². The molecular formula is C10H12BrNO4S. The summed E-state index contributed by atoms with van der Waals surface area (Å²) >= 11 is 2.86. The standard InChI is InChI=1S/C10H12BrNO4S/c1-2-16-10(13)8-4-3-5-9(6-8)12-17(14,15)7-11/h3-6,12H,2,7H2,1H3. The van der Waals surface area contributed by atoms with Crippen molar-refractivity contribution in [2.75, 3.05) is 16.0 Å². The summed E-state index contributed by atoms with van der Waals surface area (Å²) < 4.78 is 29.5. The summed E-state index contributed by atoms with van der Waals surface area (Å²) in [4.78, 5) is 11.4. The fraction of sp³-hybridized carbons (Fsp3) is 0.300. The summed E-state index contributed by atoms with van der Waals surface area (Å²) in [5, 5.41) is 0. The lowest BCUT2D eigenvalue weighted by Crippen LogP contribution is -2.13. The lowest BCUT2D eigenvalue weighted by Gasteiger charge is -2.07. The Bertz CT molecular complexity index is 501. The summed E-state index contributed by atoms with van der Waals surface area (Å²) in [6.07, 6.45) is 0. The van der Waals surface area contributed by atoms with Crippen LogP contribution in [0.3, 0.4) is 0 Å². The van der Waals surface area contributed by atoms with Crippen LogP contribution in [-0.2, 0) is 14.8 Å². The quantitative estimate of drug-likeness (QED) is 0.664. The van der Waals surface area contributed by atoms with E-state index >= 15 is 0 Å². The molecule has 7 heteroatoms. The molecule has 0 spiro atoms. The van der Waals surface area contributed by atoms with Gasteiger partial charge in [0.15, 0.2) is 0 Å². The number of hydrogen-bond donors (Lipinski definition) is 1. The van der Waals surface area contributed by atoms with Crippen molar-refractivity contribution in [3.63, 3.8) is 0 Å². The monoisotopic (exact) mass is 321 g/mol. The lowest BCUT2D eigenvalue weighted by molar-refractivity contribution is 0.0526. The van der Waals surface area contributed by atoms with E-state index in [1.54, 1.807) is 25.1 Å². The molecule has 0 bridgehead atoms. The summed E-state index contributed by atoms with van der Waals surface area (Å²) in [5.41, 5.74) is 0.636. The Morgan fingerprint density at radius 2 is 2.18 bits per heavy atom. The van der Waals surface area contributed by atoms with Crippen LogP contribution in [-0.4, -0.2) is 25.7 Å². The largest absolute Gasteiger partial charge is 0.462 e. The highest BCUT2D eigenvalue weighted by molar-refractivity contribution is 9.10. The number of carbonyl (C=O) groups excluding carboxylic acids is 1. The third-order valence-electron chi connectivity index (χ3n) is 1.79. The van der Waals surface area contributed by atoms with Crippen molar-refractivity contribution < 1.29 is 17.9 Å². The molecule has 0 saturated carbocycles. The van der Waals surface area contributed by atoms with Crippen molar-refractivity contribution >= 4 is 37.6 Å². The first-order valence-electron chi connectivity index (χ1n) is 4.82. The Hall–Kier alpha value is -1.08. The van der Waals surface area contributed by atoms with Gasteiger partial charge >= 0.3 is 5.97 Å². The van der Waals surface area contributed by atoms with Gasteiger partial charge in [0.2, 0.25) is 10.0 Å². The van der Waals surface area contributed by atoms with Crippen molar-refractivity contribution in [3.05, 3.63) is 29.8 Å². The first-order valence-corrected chi connectivity index (χ1v) is 7.59. The smallest absolute Gasteiger partial charge is 0.338 e. The van der Waals surface area contributed by atoms with E-state index in [0.717, 1.165) is 0 Å². The summed E-state index contributed by atoms with van der Waals surface area (Å²) in [6.45, 7) is 1.98. The van der Waals surface area contributed by atoms with E-state index in [9.17, 15) is 13.2 Å². The number of hydrogen-bond acceptors (Lipinski definition) is 4. The molecule has 0 aromatic heterocycles. The van der Waals surface area contributed by atoms with Crippen LogP contribution in [0.4, 0.5) is 5.69 Å². The van der Waals surface area contributed by atoms with Gasteiger partial charge in [-0.3, -0.25) is 4.72 Å². The van der Waals surface area contributed by atoms with Crippen LogP contribution >= 0.6 is 15.9 Å². The highest BCUT2D eigenvalue weighted by Gasteiger charge is 2.10. The van der Waals surface area contributed by atoms with Crippen molar-refractivity contribution in [1.29, 1.82) is 0 Å². The summed E-state index contributed by atoms with van der Waals surface area (Å²) in [7, 11) is -3.41. The van der Waals surface area contributed by atoms with Gasteiger partial charge in [-0.1, -0.05) is 22.0 Å². The van der Waals surface area contributed by atoms with Crippen molar-refractivity contribution in [3.8, 4) is 0 Å². The molecule has 0 heterocycles. The molecule has 1 aromatic carbocycles. The van der Waals surface area contributed by atoms with Gasteiger partial charge in [-0.15, -0.1) is 0 Å². The Morgan fingerprint density at radius 3 is 2.76 bits per heavy atom. The second kappa shape index (κ2) is 6.02. The van der Waals surface area contributed by atoms with E-state index in [1.807, 2.05) is 0 Å². The molecule has 0 atom stereocenters. The third-order valence-corrected chi connectivity index (χ3v) is 4.43. The molecule has 0 saturated heterocycles. The predicted molar refractivity (Wildman–Crippen MR) is 68.7 cm³/mol. The third kappa shape index (κ3) is 4.35. The normalized spacial score (nSPS) is 10.9. The zero-order chi connectivity index (χ0) is 12.9. The fourth-order valence-corrected chi connectivity index (χ4v) is 2.01. The fourth-order valence-electron chi connectivity index (χ4n) is 1.13. The van der Waals surface area contributed by atoms with Crippen molar-refractivity contribution in [2.45, 2.75) is 6.92 Å². The molecule has 1 N–H and O–H groups in total. The van der Waals surface area contributed by atoms with E-state index in [4.69, 9.17) is 4.74 Å². The second-order valence-electron chi connectivity index (χ2n) is 3.13. The molecule has 5 nitrogen and oxygen atoms in total. The molecule has 0 unspecified atom stereocenters. The van der Waals surface area contributed by atoms with E-state index in [1.165, 1.54) is 6.07 Å². The predicted octanol–water partition coefficient (Wildman–Crippen LogP) is 1.96. The molecule has 0 aliphatic carbocycles. The topological polar surface area (TPSA) is 72.5 Å². The minimum Gasteiger partial charge on any atom is -0.462 e. The molecule has 0 fully saturated rings. The summed E-state index contributed by atoms with van der Waals surface area (Å²) in [5.74, 6) is -0.479. The molecule has 94 valence electrons.